The average Bonchev–Trinajstić information content (AvgIpc) is 3.65. The van der Waals surface area contributed by atoms with Gasteiger partial charge in [-0.3, -0.25) is 14.6 Å². The quantitative estimate of drug-likeness (QED) is 0.210. The van der Waals surface area contributed by atoms with E-state index in [1.165, 1.54) is 12.8 Å². The van der Waals surface area contributed by atoms with Crippen LogP contribution in [0.2, 0.25) is 0 Å². The van der Waals surface area contributed by atoms with Crippen LogP contribution >= 0.6 is 0 Å². The molecule has 224 valence electrons. The average molecular weight is 584 g/mol. The summed E-state index contributed by atoms with van der Waals surface area (Å²) in [4.78, 5) is 58.3. The molecule has 0 saturated carbocycles. The summed E-state index contributed by atoms with van der Waals surface area (Å²) >= 11 is 0. The molecule has 0 aliphatic carbocycles. The number of aliphatic carboxylic acids is 4. The molecule has 13 nitrogen and oxygen atoms in total. The largest absolute Gasteiger partial charge is 0.473 e. The van der Waals surface area contributed by atoms with Crippen molar-refractivity contribution < 1.29 is 49.1 Å². The molecule has 0 spiro atoms. The second-order valence-electron chi connectivity index (χ2n) is 9.62. The van der Waals surface area contributed by atoms with E-state index < -0.39 is 23.9 Å². The first-order chi connectivity index (χ1) is 20.1. The molecule has 42 heavy (non-hydrogen) atoms. The van der Waals surface area contributed by atoms with Crippen LogP contribution in [0.1, 0.15) is 34.8 Å². The van der Waals surface area contributed by atoms with Crippen molar-refractivity contribution in [1.29, 1.82) is 0 Å². The standard InChI is InChI=1S/C25H29N3O2.2C2H2O4/c29-25(22-17-26-23-11-5-4-10-21(22)23)24(19-7-2-1-3-8-19)28-14-12-27(13-15-28)18-20-9-6-16-30-20;2*3-1(4)2(5)6/h1-5,7-8,10-11,17,20,24,26H,6,9,12-16,18H2;2*(H,3,4)(H,5,6). The number of Topliss-reactive ketones (excluding diaryl/α,β-unsaturated/α-hetero) is 1. The number of nitrogens with one attached hydrogen (secondary N) is 1. The van der Waals surface area contributed by atoms with Gasteiger partial charge in [-0.05, 0) is 24.5 Å². The van der Waals surface area contributed by atoms with Crippen LogP contribution in [-0.2, 0) is 23.9 Å². The monoisotopic (exact) mass is 583 g/mol. The number of carbonyl (C=O) groups is 5. The lowest BCUT2D eigenvalue weighted by molar-refractivity contribution is -0.159. The van der Waals surface area contributed by atoms with Crippen molar-refractivity contribution in [3.63, 3.8) is 0 Å². The van der Waals surface area contributed by atoms with Gasteiger partial charge in [0.1, 0.15) is 0 Å². The highest BCUT2D eigenvalue weighted by Crippen LogP contribution is 2.30. The molecular formula is C29H33N3O10. The molecule has 5 rings (SSSR count). The number of ketones is 1. The maximum atomic E-state index is 13.8. The first-order valence-electron chi connectivity index (χ1n) is 13.2. The predicted molar refractivity (Wildman–Crippen MR) is 149 cm³/mol. The molecule has 0 amide bonds. The number of nitrogens with zero attached hydrogens (tertiary/aromatic N) is 2. The van der Waals surface area contributed by atoms with E-state index in [-0.39, 0.29) is 11.8 Å². The molecule has 2 atom stereocenters. The Balaban J connectivity index is 0.000000342. The summed E-state index contributed by atoms with van der Waals surface area (Å²) in [6, 6.07) is 18.0. The van der Waals surface area contributed by atoms with Gasteiger partial charge in [-0.1, -0.05) is 48.5 Å². The zero-order valence-electron chi connectivity index (χ0n) is 22.7. The fraction of sp³-hybridized carbons (Fsp3) is 0.345. The number of aromatic nitrogens is 1. The third-order valence-electron chi connectivity index (χ3n) is 6.84. The number of aromatic amines is 1. The Kier molecular flexibility index (Phi) is 11.7. The molecule has 5 N–H and O–H groups in total. The van der Waals surface area contributed by atoms with Gasteiger partial charge in [-0.2, -0.15) is 0 Å². The molecule has 2 aromatic carbocycles. The Morgan fingerprint density at radius 1 is 0.810 bits per heavy atom. The summed E-state index contributed by atoms with van der Waals surface area (Å²) in [5.41, 5.74) is 2.86. The van der Waals surface area contributed by atoms with E-state index >= 15 is 0 Å². The number of carboxylic acids is 4. The number of H-pyrrole nitrogens is 1. The molecule has 13 heteroatoms. The topological polar surface area (TPSA) is 198 Å². The number of piperazine rings is 1. The Hall–Kier alpha value is -4.59. The molecule has 0 radical (unpaired) electrons. The highest BCUT2D eigenvalue weighted by atomic mass is 16.5. The fourth-order valence-electron chi connectivity index (χ4n) is 4.87. The minimum atomic E-state index is -1.82. The molecule has 2 unspecified atom stereocenters. The van der Waals surface area contributed by atoms with E-state index in [1.807, 2.05) is 48.7 Å². The van der Waals surface area contributed by atoms with E-state index in [9.17, 15) is 4.79 Å². The van der Waals surface area contributed by atoms with Gasteiger partial charge < -0.3 is 30.1 Å². The number of hydrogen-bond donors (Lipinski definition) is 5. The predicted octanol–water partition coefficient (Wildman–Crippen LogP) is 2.20. The molecule has 3 aromatic rings. The number of hydrogen-bond acceptors (Lipinski definition) is 8. The number of fused-ring (bicyclic) bond motifs is 1. The van der Waals surface area contributed by atoms with E-state index in [4.69, 9.17) is 44.3 Å². The van der Waals surface area contributed by atoms with Gasteiger partial charge in [-0.15, -0.1) is 0 Å². The van der Waals surface area contributed by atoms with Crippen molar-refractivity contribution in [3.05, 3.63) is 71.9 Å². The first kappa shape index (κ1) is 31.9. The summed E-state index contributed by atoms with van der Waals surface area (Å²) in [6.45, 7) is 5.65. The smallest absolute Gasteiger partial charge is 0.414 e. The Morgan fingerprint density at radius 2 is 1.38 bits per heavy atom. The molecule has 1 aromatic heterocycles. The molecule has 2 fully saturated rings. The lowest BCUT2D eigenvalue weighted by Gasteiger charge is -2.39. The third kappa shape index (κ3) is 8.96. The lowest BCUT2D eigenvalue weighted by Crippen LogP contribution is -2.50. The second kappa shape index (κ2) is 15.4. The fourth-order valence-corrected chi connectivity index (χ4v) is 4.87. The van der Waals surface area contributed by atoms with Crippen molar-refractivity contribution in [2.45, 2.75) is 25.0 Å². The Morgan fingerprint density at radius 3 is 1.93 bits per heavy atom. The van der Waals surface area contributed by atoms with Crippen LogP contribution in [0.5, 0.6) is 0 Å². The van der Waals surface area contributed by atoms with Gasteiger partial charge >= 0.3 is 23.9 Å². The minimum absolute atomic E-state index is 0.172. The van der Waals surface area contributed by atoms with Crippen LogP contribution < -0.4 is 0 Å². The van der Waals surface area contributed by atoms with Gasteiger partial charge in [-0.25, -0.2) is 19.2 Å². The van der Waals surface area contributed by atoms with Gasteiger partial charge in [0.05, 0.1) is 12.1 Å². The van der Waals surface area contributed by atoms with Gasteiger partial charge in [0.2, 0.25) is 0 Å². The van der Waals surface area contributed by atoms with Crippen LogP contribution in [-0.4, -0.2) is 110 Å². The summed E-state index contributed by atoms with van der Waals surface area (Å²) in [5, 5.41) is 30.6. The van der Waals surface area contributed by atoms with Crippen LogP contribution in [0.25, 0.3) is 10.9 Å². The second-order valence-corrected chi connectivity index (χ2v) is 9.62. The van der Waals surface area contributed by atoms with Crippen LogP contribution in [0.15, 0.2) is 60.8 Å². The van der Waals surface area contributed by atoms with Crippen molar-refractivity contribution in [1.82, 2.24) is 14.8 Å². The molecular weight excluding hydrogens is 550 g/mol. The summed E-state index contributed by atoms with van der Waals surface area (Å²) in [6.07, 6.45) is 4.61. The van der Waals surface area contributed by atoms with E-state index in [0.29, 0.717) is 6.10 Å². The van der Waals surface area contributed by atoms with E-state index in [1.54, 1.807) is 0 Å². The number of carboxylic acid groups (broad SMARTS) is 4. The molecule has 2 aliphatic heterocycles. The highest BCUT2D eigenvalue weighted by Gasteiger charge is 2.33. The van der Waals surface area contributed by atoms with Gasteiger partial charge in [0.25, 0.3) is 0 Å². The normalized spacial score (nSPS) is 17.7. The number of para-hydroxylation sites is 1. The lowest BCUT2D eigenvalue weighted by atomic mass is 9.95. The summed E-state index contributed by atoms with van der Waals surface area (Å²) in [5.74, 6) is -7.12. The van der Waals surface area contributed by atoms with Gasteiger partial charge in [0.15, 0.2) is 5.78 Å². The van der Waals surface area contributed by atoms with Crippen molar-refractivity contribution in [2.75, 3.05) is 39.3 Å². The maximum Gasteiger partial charge on any atom is 0.414 e. The maximum absolute atomic E-state index is 13.8. The van der Waals surface area contributed by atoms with Crippen molar-refractivity contribution in [3.8, 4) is 0 Å². The third-order valence-corrected chi connectivity index (χ3v) is 6.84. The summed E-state index contributed by atoms with van der Waals surface area (Å²) in [7, 11) is 0. The van der Waals surface area contributed by atoms with E-state index in [2.05, 4.69) is 26.9 Å². The summed E-state index contributed by atoms with van der Waals surface area (Å²) < 4.78 is 5.81. The number of benzene rings is 2. The van der Waals surface area contributed by atoms with Gasteiger partial charge in [0, 0.05) is 62.0 Å². The molecule has 3 heterocycles. The number of rotatable bonds is 6. The number of carbonyl (C=O) groups excluding carboxylic acids is 1. The van der Waals surface area contributed by atoms with Crippen LogP contribution in [0.3, 0.4) is 0 Å². The Bertz CT molecular complexity index is 1330. The first-order valence-corrected chi connectivity index (χ1v) is 13.2. The van der Waals surface area contributed by atoms with Crippen molar-refractivity contribution >= 4 is 40.6 Å². The molecule has 2 aliphatic rings. The van der Waals surface area contributed by atoms with Crippen molar-refractivity contribution in [2.24, 2.45) is 0 Å². The van der Waals surface area contributed by atoms with E-state index in [0.717, 1.165) is 61.4 Å². The van der Waals surface area contributed by atoms with Crippen LogP contribution in [0.4, 0.5) is 0 Å². The SMILES string of the molecule is O=C(O)C(=O)O.O=C(O)C(=O)O.O=C(c1c[nH]c2ccccc12)C(c1ccccc1)N1CCN(CC2CCCO2)CC1. The highest BCUT2D eigenvalue weighted by molar-refractivity contribution is 6.27. The number of ether oxygens (including phenoxy) is 1. The zero-order valence-corrected chi connectivity index (χ0v) is 22.7. The van der Waals surface area contributed by atoms with Crippen LogP contribution in [0, 0.1) is 0 Å². The molecule has 2 saturated heterocycles. The minimum Gasteiger partial charge on any atom is -0.473 e. The zero-order chi connectivity index (χ0) is 30.6. The molecule has 0 bridgehead atoms. The Labute approximate surface area is 240 Å².